The van der Waals surface area contributed by atoms with Crippen molar-refractivity contribution in [2.75, 3.05) is 0 Å². The number of aromatic amines is 1. The summed E-state index contributed by atoms with van der Waals surface area (Å²) >= 11 is 5.51. The summed E-state index contributed by atoms with van der Waals surface area (Å²) in [5.74, 6) is -1.90. The molecular weight excluding hydrogens is 211 g/mol. The maximum atomic E-state index is 13.2. The van der Waals surface area contributed by atoms with E-state index < -0.39 is 11.8 Å². The van der Waals surface area contributed by atoms with E-state index in [4.69, 9.17) is 16.7 Å². The molecule has 0 aliphatic heterocycles. The van der Waals surface area contributed by atoms with E-state index in [0.29, 0.717) is 0 Å². The summed E-state index contributed by atoms with van der Waals surface area (Å²) in [4.78, 5) is 16.8. The van der Waals surface area contributed by atoms with Gasteiger partial charge in [-0.1, -0.05) is 0 Å². The molecule has 6 heteroatoms. The molecule has 0 unspecified atom stereocenters. The summed E-state index contributed by atoms with van der Waals surface area (Å²) in [5.41, 5.74) is 0.169. The molecule has 0 aliphatic carbocycles. The third-order valence-corrected chi connectivity index (χ3v) is 1.94. The van der Waals surface area contributed by atoms with Crippen LogP contribution in [-0.4, -0.2) is 21.0 Å². The van der Waals surface area contributed by atoms with Gasteiger partial charge in [0.15, 0.2) is 5.82 Å². The van der Waals surface area contributed by atoms with Crippen molar-refractivity contribution < 1.29 is 14.3 Å². The standard InChI is InChI=1S/C8H4ClFN2O2/c9-8-11-5-2-3(7(13)14)1-4(10)6(5)12-8/h1-2H,(H,11,12)(H,13,14). The van der Waals surface area contributed by atoms with Crippen LogP contribution in [0.15, 0.2) is 12.1 Å². The SMILES string of the molecule is O=C(O)c1cc(F)c2nc(Cl)[nH]c2c1. The van der Waals surface area contributed by atoms with Gasteiger partial charge in [-0.05, 0) is 23.7 Å². The van der Waals surface area contributed by atoms with E-state index in [2.05, 4.69) is 9.97 Å². The van der Waals surface area contributed by atoms with Gasteiger partial charge in [-0.25, -0.2) is 14.2 Å². The van der Waals surface area contributed by atoms with Crippen molar-refractivity contribution in [1.82, 2.24) is 9.97 Å². The number of nitrogens with zero attached hydrogens (tertiary/aromatic N) is 1. The lowest BCUT2D eigenvalue weighted by atomic mass is 10.2. The number of carbonyl (C=O) groups is 1. The Labute approximate surface area is 82.3 Å². The summed E-state index contributed by atoms with van der Waals surface area (Å²) in [7, 11) is 0. The molecule has 0 aliphatic rings. The average molecular weight is 215 g/mol. The first-order chi connectivity index (χ1) is 6.58. The molecule has 0 fully saturated rings. The Morgan fingerprint density at radius 3 is 2.93 bits per heavy atom. The van der Waals surface area contributed by atoms with Crippen molar-refractivity contribution in [3.8, 4) is 0 Å². The molecule has 0 spiro atoms. The van der Waals surface area contributed by atoms with Crippen LogP contribution in [0.4, 0.5) is 4.39 Å². The second-order valence-corrected chi connectivity index (χ2v) is 3.05. The van der Waals surface area contributed by atoms with Gasteiger partial charge in [0.25, 0.3) is 0 Å². The molecule has 2 aromatic rings. The topological polar surface area (TPSA) is 66.0 Å². The largest absolute Gasteiger partial charge is 0.478 e. The number of carboxylic acids is 1. The predicted octanol–water partition coefficient (Wildman–Crippen LogP) is 2.05. The zero-order valence-corrected chi connectivity index (χ0v) is 7.47. The Morgan fingerprint density at radius 1 is 1.57 bits per heavy atom. The quantitative estimate of drug-likeness (QED) is 0.764. The molecule has 4 nitrogen and oxygen atoms in total. The number of hydrogen-bond donors (Lipinski definition) is 2. The van der Waals surface area contributed by atoms with E-state index in [9.17, 15) is 9.18 Å². The van der Waals surface area contributed by atoms with E-state index >= 15 is 0 Å². The molecule has 14 heavy (non-hydrogen) atoms. The zero-order valence-electron chi connectivity index (χ0n) is 6.71. The Morgan fingerprint density at radius 2 is 2.29 bits per heavy atom. The summed E-state index contributed by atoms with van der Waals surface area (Å²) in [6.45, 7) is 0. The Bertz CT molecular complexity index is 523. The van der Waals surface area contributed by atoms with Crippen molar-refractivity contribution >= 4 is 28.6 Å². The zero-order chi connectivity index (χ0) is 10.3. The molecular formula is C8H4ClFN2O2. The van der Waals surface area contributed by atoms with Crippen molar-refractivity contribution in [3.63, 3.8) is 0 Å². The van der Waals surface area contributed by atoms with Gasteiger partial charge in [0.05, 0.1) is 11.1 Å². The number of halogens is 2. The summed E-state index contributed by atoms with van der Waals surface area (Å²) < 4.78 is 13.2. The highest BCUT2D eigenvalue weighted by Crippen LogP contribution is 2.19. The molecule has 0 bridgehead atoms. The van der Waals surface area contributed by atoms with Gasteiger partial charge in [0.1, 0.15) is 5.52 Å². The van der Waals surface area contributed by atoms with E-state index in [1.165, 1.54) is 6.07 Å². The Balaban J connectivity index is 2.77. The molecule has 1 aromatic heterocycles. The minimum Gasteiger partial charge on any atom is -0.478 e. The maximum Gasteiger partial charge on any atom is 0.335 e. The first-order valence-corrected chi connectivity index (χ1v) is 4.04. The normalized spacial score (nSPS) is 10.7. The van der Waals surface area contributed by atoms with Crippen molar-refractivity contribution in [2.24, 2.45) is 0 Å². The van der Waals surface area contributed by atoms with Crippen molar-refractivity contribution in [2.45, 2.75) is 0 Å². The predicted molar refractivity (Wildman–Crippen MR) is 48.0 cm³/mol. The van der Waals surface area contributed by atoms with Gasteiger partial charge in [0, 0.05) is 0 Å². The summed E-state index contributed by atoms with van der Waals surface area (Å²) in [6.07, 6.45) is 0. The number of H-pyrrole nitrogens is 1. The second kappa shape index (κ2) is 2.95. The molecule has 0 amide bonds. The van der Waals surface area contributed by atoms with Gasteiger partial charge in [-0.2, -0.15) is 0 Å². The minimum atomic E-state index is -1.20. The number of benzene rings is 1. The van der Waals surface area contributed by atoms with Crippen LogP contribution in [0.1, 0.15) is 10.4 Å². The molecule has 0 saturated carbocycles. The van der Waals surface area contributed by atoms with E-state index in [-0.39, 0.29) is 21.9 Å². The van der Waals surface area contributed by atoms with Crippen LogP contribution in [0.5, 0.6) is 0 Å². The number of rotatable bonds is 1. The number of aromatic nitrogens is 2. The molecule has 2 rings (SSSR count). The van der Waals surface area contributed by atoms with Crippen molar-refractivity contribution in [1.29, 1.82) is 0 Å². The smallest absolute Gasteiger partial charge is 0.335 e. The van der Waals surface area contributed by atoms with Crippen LogP contribution in [0.25, 0.3) is 11.0 Å². The van der Waals surface area contributed by atoms with Gasteiger partial charge >= 0.3 is 5.97 Å². The third kappa shape index (κ3) is 1.31. The van der Waals surface area contributed by atoms with Crippen LogP contribution < -0.4 is 0 Å². The van der Waals surface area contributed by atoms with E-state index in [1.807, 2.05) is 0 Å². The lowest BCUT2D eigenvalue weighted by Crippen LogP contribution is -1.97. The van der Waals surface area contributed by atoms with E-state index in [1.54, 1.807) is 0 Å². The second-order valence-electron chi connectivity index (χ2n) is 2.69. The number of fused-ring (bicyclic) bond motifs is 1. The minimum absolute atomic E-state index is 0.0291. The highest BCUT2D eigenvalue weighted by atomic mass is 35.5. The molecule has 1 aromatic carbocycles. The number of hydrogen-bond acceptors (Lipinski definition) is 2. The van der Waals surface area contributed by atoms with Gasteiger partial charge < -0.3 is 10.1 Å². The highest BCUT2D eigenvalue weighted by Gasteiger charge is 2.11. The highest BCUT2D eigenvalue weighted by molar-refractivity contribution is 6.29. The Kier molecular flexibility index (Phi) is 1.89. The van der Waals surface area contributed by atoms with Crippen LogP contribution in [-0.2, 0) is 0 Å². The van der Waals surface area contributed by atoms with Crippen LogP contribution in [0.2, 0.25) is 5.28 Å². The van der Waals surface area contributed by atoms with E-state index in [0.717, 1.165) is 6.07 Å². The number of aromatic carboxylic acids is 1. The van der Waals surface area contributed by atoms with Crippen LogP contribution in [0.3, 0.4) is 0 Å². The van der Waals surface area contributed by atoms with Crippen LogP contribution >= 0.6 is 11.6 Å². The average Bonchev–Trinajstić information content (AvgIpc) is 2.45. The molecule has 0 saturated heterocycles. The lowest BCUT2D eigenvalue weighted by Gasteiger charge is -1.95. The third-order valence-electron chi connectivity index (χ3n) is 1.76. The van der Waals surface area contributed by atoms with Crippen molar-refractivity contribution in [3.05, 3.63) is 28.8 Å². The van der Waals surface area contributed by atoms with Gasteiger partial charge in [-0.3, -0.25) is 0 Å². The summed E-state index contributed by atoms with van der Waals surface area (Å²) in [6, 6.07) is 2.18. The van der Waals surface area contributed by atoms with Gasteiger partial charge in [-0.15, -0.1) is 0 Å². The first-order valence-electron chi connectivity index (χ1n) is 3.66. The van der Waals surface area contributed by atoms with Gasteiger partial charge in [0.2, 0.25) is 5.28 Å². The summed E-state index contributed by atoms with van der Waals surface area (Å²) in [5, 5.41) is 8.67. The fraction of sp³-hybridized carbons (Fsp3) is 0. The first kappa shape index (κ1) is 8.96. The molecule has 0 atom stereocenters. The molecule has 1 heterocycles. The molecule has 2 N–H and O–H groups in total. The monoisotopic (exact) mass is 214 g/mol. The molecule has 0 radical (unpaired) electrons. The fourth-order valence-corrected chi connectivity index (χ4v) is 1.36. The lowest BCUT2D eigenvalue weighted by molar-refractivity contribution is 0.0696. The Hall–Kier alpha value is -1.62. The number of nitrogens with one attached hydrogen (secondary N) is 1. The maximum absolute atomic E-state index is 13.2. The molecule has 72 valence electrons. The number of carboxylic acid groups (broad SMARTS) is 1. The number of imidazole rings is 1. The fourth-order valence-electron chi connectivity index (χ4n) is 1.17. The van der Waals surface area contributed by atoms with Crippen LogP contribution in [0, 0.1) is 5.82 Å².